The number of rotatable bonds is 6. The maximum atomic E-state index is 12.0. The molecule has 1 aromatic rings. The summed E-state index contributed by atoms with van der Waals surface area (Å²) in [5.41, 5.74) is 0.333. The van der Waals surface area contributed by atoms with Gasteiger partial charge in [0.1, 0.15) is 5.75 Å². The van der Waals surface area contributed by atoms with Crippen molar-refractivity contribution in [2.24, 2.45) is 0 Å². The standard InChI is InChI=1S/C12H12F3NO4/c13-12(14,15)20-9-3-1-2-8(6-9)7-10(17)16-5-4-11(18)19/h1-3,6H,4-5,7H2,(H,16,17)(H,18,19). The number of hydrogen-bond acceptors (Lipinski definition) is 3. The molecule has 110 valence electrons. The second-order valence-electron chi connectivity index (χ2n) is 3.87. The van der Waals surface area contributed by atoms with Crippen LogP contribution in [0.4, 0.5) is 13.2 Å². The van der Waals surface area contributed by atoms with E-state index in [1.54, 1.807) is 0 Å². The van der Waals surface area contributed by atoms with Crippen LogP contribution in [0.1, 0.15) is 12.0 Å². The summed E-state index contributed by atoms with van der Waals surface area (Å²) < 4.78 is 39.8. The maximum absolute atomic E-state index is 12.0. The number of halogens is 3. The molecular weight excluding hydrogens is 279 g/mol. The molecule has 0 aliphatic carbocycles. The molecule has 2 N–H and O–H groups in total. The van der Waals surface area contributed by atoms with Crippen molar-refractivity contribution in [3.63, 3.8) is 0 Å². The molecule has 0 aliphatic rings. The molecule has 0 fully saturated rings. The van der Waals surface area contributed by atoms with E-state index in [4.69, 9.17) is 5.11 Å². The highest BCUT2D eigenvalue weighted by molar-refractivity contribution is 5.79. The van der Waals surface area contributed by atoms with E-state index in [0.717, 1.165) is 12.1 Å². The minimum Gasteiger partial charge on any atom is -0.481 e. The summed E-state index contributed by atoms with van der Waals surface area (Å²) in [6.45, 7) is -0.0348. The lowest BCUT2D eigenvalue weighted by molar-refractivity contribution is -0.274. The highest BCUT2D eigenvalue weighted by Gasteiger charge is 2.31. The van der Waals surface area contributed by atoms with E-state index in [0.29, 0.717) is 5.56 Å². The Bertz CT molecular complexity index is 488. The Morgan fingerprint density at radius 2 is 2.00 bits per heavy atom. The SMILES string of the molecule is O=C(O)CCNC(=O)Cc1cccc(OC(F)(F)F)c1. The molecule has 0 aliphatic heterocycles. The summed E-state index contributed by atoms with van der Waals surface area (Å²) in [4.78, 5) is 21.7. The summed E-state index contributed by atoms with van der Waals surface area (Å²) in [5.74, 6) is -1.94. The average Bonchev–Trinajstić information content (AvgIpc) is 2.26. The fraction of sp³-hybridized carbons (Fsp3) is 0.333. The fourth-order valence-corrected chi connectivity index (χ4v) is 1.41. The van der Waals surface area contributed by atoms with Crippen molar-refractivity contribution in [2.45, 2.75) is 19.2 Å². The van der Waals surface area contributed by atoms with E-state index in [9.17, 15) is 22.8 Å². The van der Waals surface area contributed by atoms with E-state index in [-0.39, 0.29) is 19.4 Å². The van der Waals surface area contributed by atoms with Crippen LogP contribution in [0.15, 0.2) is 24.3 Å². The van der Waals surface area contributed by atoms with Crippen molar-refractivity contribution < 1.29 is 32.6 Å². The Balaban J connectivity index is 2.53. The third-order valence-electron chi connectivity index (χ3n) is 2.16. The van der Waals surface area contributed by atoms with Gasteiger partial charge < -0.3 is 15.2 Å². The number of amides is 1. The molecule has 0 spiro atoms. The zero-order chi connectivity index (χ0) is 15.2. The van der Waals surface area contributed by atoms with Gasteiger partial charge in [-0.1, -0.05) is 12.1 Å². The zero-order valence-corrected chi connectivity index (χ0v) is 10.2. The normalized spacial score (nSPS) is 10.9. The summed E-state index contributed by atoms with van der Waals surface area (Å²) in [7, 11) is 0. The van der Waals surface area contributed by atoms with E-state index in [1.807, 2.05) is 0 Å². The Morgan fingerprint density at radius 3 is 2.60 bits per heavy atom. The molecule has 1 amide bonds. The first-order valence-electron chi connectivity index (χ1n) is 5.59. The monoisotopic (exact) mass is 291 g/mol. The van der Waals surface area contributed by atoms with Crippen molar-refractivity contribution in [3.8, 4) is 5.75 Å². The third kappa shape index (κ3) is 6.62. The fourth-order valence-electron chi connectivity index (χ4n) is 1.41. The van der Waals surface area contributed by atoms with Gasteiger partial charge in [0.25, 0.3) is 0 Å². The van der Waals surface area contributed by atoms with Gasteiger partial charge in [-0.2, -0.15) is 0 Å². The number of carboxylic acids is 1. The molecule has 0 bridgehead atoms. The van der Waals surface area contributed by atoms with Crippen LogP contribution in [0.3, 0.4) is 0 Å². The number of carboxylic acid groups (broad SMARTS) is 1. The molecule has 0 radical (unpaired) electrons. The van der Waals surface area contributed by atoms with E-state index in [1.165, 1.54) is 12.1 Å². The lowest BCUT2D eigenvalue weighted by Crippen LogP contribution is -2.27. The second-order valence-corrected chi connectivity index (χ2v) is 3.87. The molecule has 5 nitrogen and oxygen atoms in total. The Labute approximate surface area is 112 Å². The van der Waals surface area contributed by atoms with E-state index in [2.05, 4.69) is 10.1 Å². The summed E-state index contributed by atoms with van der Waals surface area (Å²) in [5, 5.41) is 10.7. The van der Waals surface area contributed by atoms with Crippen LogP contribution < -0.4 is 10.1 Å². The topological polar surface area (TPSA) is 75.6 Å². The van der Waals surface area contributed by atoms with Crippen LogP contribution >= 0.6 is 0 Å². The van der Waals surface area contributed by atoms with Gasteiger partial charge in [0.15, 0.2) is 0 Å². The number of carbonyl (C=O) groups is 2. The third-order valence-corrected chi connectivity index (χ3v) is 2.16. The van der Waals surface area contributed by atoms with Crippen molar-refractivity contribution in [3.05, 3.63) is 29.8 Å². The predicted molar refractivity (Wildman–Crippen MR) is 62.1 cm³/mol. The molecule has 1 rings (SSSR count). The molecular formula is C12H12F3NO4. The van der Waals surface area contributed by atoms with E-state index >= 15 is 0 Å². The number of ether oxygens (including phenoxy) is 1. The lowest BCUT2D eigenvalue weighted by atomic mass is 10.1. The van der Waals surface area contributed by atoms with Crippen LogP contribution in [-0.2, 0) is 16.0 Å². The van der Waals surface area contributed by atoms with Crippen LogP contribution in [0.2, 0.25) is 0 Å². The van der Waals surface area contributed by atoms with Crippen molar-refractivity contribution >= 4 is 11.9 Å². The Morgan fingerprint density at radius 1 is 1.30 bits per heavy atom. The van der Waals surface area contributed by atoms with Gasteiger partial charge >= 0.3 is 12.3 Å². The van der Waals surface area contributed by atoms with Gasteiger partial charge in [-0.05, 0) is 17.7 Å². The Hall–Kier alpha value is -2.25. The van der Waals surface area contributed by atoms with Gasteiger partial charge in [0.05, 0.1) is 12.8 Å². The number of hydrogen-bond donors (Lipinski definition) is 2. The number of carbonyl (C=O) groups excluding carboxylic acids is 1. The first-order chi connectivity index (χ1) is 9.26. The van der Waals surface area contributed by atoms with Crippen LogP contribution in [0.25, 0.3) is 0 Å². The Kier molecular flexibility index (Phi) is 5.36. The molecule has 0 saturated heterocycles. The van der Waals surface area contributed by atoms with Gasteiger partial charge in [-0.15, -0.1) is 13.2 Å². The highest BCUT2D eigenvalue weighted by Crippen LogP contribution is 2.23. The maximum Gasteiger partial charge on any atom is 0.573 e. The number of aliphatic carboxylic acids is 1. The molecule has 1 aromatic carbocycles. The second kappa shape index (κ2) is 6.78. The summed E-state index contributed by atoms with van der Waals surface area (Å²) in [6, 6.07) is 5.03. The van der Waals surface area contributed by atoms with Crippen LogP contribution in [0, 0.1) is 0 Å². The molecule has 0 saturated carbocycles. The smallest absolute Gasteiger partial charge is 0.481 e. The highest BCUT2D eigenvalue weighted by atomic mass is 19.4. The number of nitrogens with one attached hydrogen (secondary N) is 1. The number of benzene rings is 1. The van der Waals surface area contributed by atoms with Gasteiger partial charge in [0.2, 0.25) is 5.91 Å². The predicted octanol–water partition coefficient (Wildman–Crippen LogP) is 1.72. The van der Waals surface area contributed by atoms with Gasteiger partial charge in [-0.25, -0.2) is 0 Å². The number of alkyl halides is 3. The molecule has 0 heterocycles. The minimum absolute atomic E-state index is 0.0348. The summed E-state index contributed by atoms with van der Waals surface area (Å²) >= 11 is 0. The zero-order valence-electron chi connectivity index (χ0n) is 10.2. The van der Waals surface area contributed by atoms with E-state index < -0.39 is 24.0 Å². The van der Waals surface area contributed by atoms with Crippen molar-refractivity contribution in [1.82, 2.24) is 5.32 Å². The molecule has 0 aromatic heterocycles. The van der Waals surface area contributed by atoms with Crippen molar-refractivity contribution in [2.75, 3.05) is 6.54 Å². The first-order valence-corrected chi connectivity index (χ1v) is 5.59. The molecule has 8 heteroatoms. The quantitative estimate of drug-likeness (QED) is 0.836. The van der Waals surface area contributed by atoms with Gasteiger partial charge in [-0.3, -0.25) is 9.59 Å². The largest absolute Gasteiger partial charge is 0.573 e. The molecule has 0 atom stereocenters. The van der Waals surface area contributed by atoms with Gasteiger partial charge in [0, 0.05) is 6.54 Å². The average molecular weight is 291 g/mol. The summed E-state index contributed by atoms with van der Waals surface area (Å²) in [6.07, 6.45) is -5.17. The van der Waals surface area contributed by atoms with Crippen molar-refractivity contribution in [1.29, 1.82) is 0 Å². The molecule has 20 heavy (non-hydrogen) atoms. The van der Waals surface area contributed by atoms with Crippen LogP contribution in [0.5, 0.6) is 5.75 Å². The molecule has 0 unspecified atom stereocenters. The lowest BCUT2D eigenvalue weighted by Gasteiger charge is -2.10. The first kappa shape index (κ1) is 15.8. The van der Waals surface area contributed by atoms with Crippen LogP contribution in [-0.4, -0.2) is 29.9 Å². The minimum atomic E-state index is -4.79.